The topological polar surface area (TPSA) is 24.9 Å². The monoisotopic (exact) mass is 370 g/mol. The van der Waals surface area contributed by atoms with Crippen LogP contribution in [-0.4, -0.2) is 55.7 Å². The summed E-state index contributed by atoms with van der Waals surface area (Å²) in [7, 11) is 1.70. The summed E-state index contributed by atoms with van der Waals surface area (Å²) in [6.45, 7) is 6.33. The third kappa shape index (κ3) is 5.89. The Labute approximate surface area is 164 Å². The van der Waals surface area contributed by atoms with Crippen LogP contribution >= 0.6 is 0 Å². The molecular formula is C23H34N2O2. The van der Waals surface area contributed by atoms with Crippen molar-refractivity contribution in [2.75, 3.05) is 39.9 Å². The molecule has 0 N–H and O–H groups in total. The molecular weight excluding hydrogens is 336 g/mol. The fourth-order valence-corrected chi connectivity index (χ4v) is 4.28. The first-order chi connectivity index (χ1) is 13.3. The number of ether oxygens (including phenoxy) is 2. The summed E-state index contributed by atoms with van der Waals surface area (Å²) in [4.78, 5) is 5.28. The van der Waals surface area contributed by atoms with Crippen LogP contribution in [0.2, 0.25) is 0 Å². The van der Waals surface area contributed by atoms with E-state index >= 15 is 0 Å². The van der Waals surface area contributed by atoms with Crippen molar-refractivity contribution in [1.82, 2.24) is 9.80 Å². The molecule has 1 aliphatic carbocycles. The minimum Gasteiger partial charge on any atom is -0.493 e. The first-order valence-corrected chi connectivity index (χ1v) is 10.5. The van der Waals surface area contributed by atoms with Crippen LogP contribution in [0.5, 0.6) is 11.5 Å². The third-order valence-corrected chi connectivity index (χ3v) is 5.86. The van der Waals surface area contributed by atoms with Gasteiger partial charge in [-0.15, -0.1) is 12.3 Å². The highest BCUT2D eigenvalue weighted by Gasteiger charge is 2.25. The number of benzene rings is 1. The molecule has 1 aromatic carbocycles. The van der Waals surface area contributed by atoms with Crippen molar-refractivity contribution in [1.29, 1.82) is 0 Å². The summed E-state index contributed by atoms with van der Waals surface area (Å²) < 4.78 is 11.4. The van der Waals surface area contributed by atoms with Crippen molar-refractivity contribution >= 4 is 0 Å². The third-order valence-electron chi connectivity index (χ3n) is 5.86. The van der Waals surface area contributed by atoms with Gasteiger partial charge in [0.2, 0.25) is 0 Å². The van der Waals surface area contributed by atoms with Gasteiger partial charge in [-0.3, -0.25) is 9.80 Å². The van der Waals surface area contributed by atoms with Gasteiger partial charge in [0, 0.05) is 45.2 Å². The molecule has 4 heteroatoms. The second-order valence-electron chi connectivity index (χ2n) is 7.75. The summed E-state index contributed by atoms with van der Waals surface area (Å²) in [5.41, 5.74) is 1.29. The van der Waals surface area contributed by atoms with Crippen molar-refractivity contribution in [2.45, 2.75) is 57.5 Å². The average Bonchev–Trinajstić information content (AvgIpc) is 2.73. The molecule has 0 aromatic heterocycles. The van der Waals surface area contributed by atoms with Gasteiger partial charge in [0.25, 0.3) is 0 Å². The smallest absolute Gasteiger partial charge is 0.161 e. The molecule has 0 amide bonds. The summed E-state index contributed by atoms with van der Waals surface area (Å²) in [5.74, 6) is 4.26. The van der Waals surface area contributed by atoms with Gasteiger partial charge in [-0.2, -0.15) is 0 Å². The van der Waals surface area contributed by atoms with Crippen LogP contribution in [0.1, 0.15) is 50.5 Å². The van der Waals surface area contributed by atoms with Crippen LogP contribution in [0.4, 0.5) is 0 Å². The summed E-state index contributed by atoms with van der Waals surface area (Å²) >= 11 is 0. The molecule has 1 saturated carbocycles. The number of nitrogens with zero attached hydrogens (tertiary/aromatic N) is 2. The predicted molar refractivity (Wildman–Crippen MR) is 110 cm³/mol. The van der Waals surface area contributed by atoms with E-state index in [1.807, 2.05) is 6.07 Å². The lowest BCUT2D eigenvalue weighted by Gasteiger charge is -2.40. The maximum atomic E-state index is 5.82. The Hall–Kier alpha value is -1.70. The molecule has 1 saturated heterocycles. The van der Waals surface area contributed by atoms with E-state index in [9.17, 15) is 0 Å². The van der Waals surface area contributed by atoms with E-state index in [4.69, 9.17) is 15.9 Å². The first kappa shape index (κ1) is 20.0. The molecule has 0 spiro atoms. The Morgan fingerprint density at radius 3 is 2.56 bits per heavy atom. The lowest BCUT2D eigenvalue weighted by atomic mass is 9.94. The lowest BCUT2D eigenvalue weighted by molar-refractivity contribution is 0.0754. The van der Waals surface area contributed by atoms with Crippen LogP contribution in [0.3, 0.4) is 0 Å². The zero-order valence-corrected chi connectivity index (χ0v) is 16.8. The Morgan fingerprint density at radius 2 is 1.85 bits per heavy atom. The zero-order chi connectivity index (χ0) is 18.9. The minimum atomic E-state index is 0.628. The number of unbranched alkanes of at least 4 members (excludes halogenated alkanes) is 1. The van der Waals surface area contributed by atoms with E-state index < -0.39 is 0 Å². The molecule has 1 aromatic rings. The van der Waals surface area contributed by atoms with Crippen LogP contribution in [0, 0.1) is 12.3 Å². The maximum absolute atomic E-state index is 5.82. The van der Waals surface area contributed by atoms with E-state index in [1.165, 1.54) is 50.8 Å². The van der Waals surface area contributed by atoms with Gasteiger partial charge in [-0.1, -0.05) is 25.3 Å². The molecule has 27 heavy (non-hydrogen) atoms. The number of hydrogen-bond acceptors (Lipinski definition) is 4. The van der Waals surface area contributed by atoms with E-state index in [2.05, 4.69) is 27.9 Å². The fourth-order valence-electron chi connectivity index (χ4n) is 4.28. The van der Waals surface area contributed by atoms with Crippen molar-refractivity contribution in [3.8, 4) is 23.8 Å². The molecule has 148 valence electrons. The number of terminal acetylenes is 1. The molecule has 2 aliphatic rings. The van der Waals surface area contributed by atoms with E-state index in [0.717, 1.165) is 50.0 Å². The lowest BCUT2D eigenvalue weighted by Crippen LogP contribution is -2.50. The highest BCUT2D eigenvalue weighted by Crippen LogP contribution is 2.29. The van der Waals surface area contributed by atoms with E-state index in [1.54, 1.807) is 7.11 Å². The SMILES string of the molecule is C#CCCCOc1ccc(CN2CCN(C3CCCCC3)CC2)cc1OC. The van der Waals surface area contributed by atoms with Gasteiger partial charge in [0.05, 0.1) is 13.7 Å². The summed E-state index contributed by atoms with van der Waals surface area (Å²) in [6, 6.07) is 7.14. The van der Waals surface area contributed by atoms with Gasteiger partial charge >= 0.3 is 0 Å². The molecule has 1 heterocycles. The van der Waals surface area contributed by atoms with Gasteiger partial charge in [0.15, 0.2) is 11.5 Å². The molecule has 1 aliphatic heterocycles. The Morgan fingerprint density at radius 1 is 1.07 bits per heavy atom. The number of piperazine rings is 1. The van der Waals surface area contributed by atoms with Crippen LogP contribution < -0.4 is 9.47 Å². The highest BCUT2D eigenvalue weighted by atomic mass is 16.5. The molecule has 0 atom stereocenters. The number of methoxy groups -OCH3 is 1. The van der Waals surface area contributed by atoms with Gasteiger partial charge < -0.3 is 9.47 Å². The summed E-state index contributed by atoms with van der Waals surface area (Å²) in [6.07, 6.45) is 14.0. The van der Waals surface area contributed by atoms with Crippen LogP contribution in [0.15, 0.2) is 18.2 Å². The molecule has 4 nitrogen and oxygen atoms in total. The molecule has 2 fully saturated rings. The second kappa shape index (κ2) is 10.6. The standard InChI is InChI=1S/C23H34N2O2/c1-3-4-8-17-27-22-12-11-20(18-23(22)26-2)19-24-13-15-25(16-14-24)21-9-6-5-7-10-21/h1,11-12,18,21H,4-10,13-17,19H2,2H3. The maximum Gasteiger partial charge on any atom is 0.161 e. The summed E-state index contributed by atoms with van der Waals surface area (Å²) in [5, 5.41) is 0. The van der Waals surface area contributed by atoms with Crippen molar-refractivity contribution in [3.05, 3.63) is 23.8 Å². The van der Waals surface area contributed by atoms with Gasteiger partial charge in [-0.05, 0) is 37.0 Å². The molecule has 0 unspecified atom stereocenters. The first-order valence-electron chi connectivity index (χ1n) is 10.5. The number of rotatable bonds is 8. The van der Waals surface area contributed by atoms with E-state index in [0.29, 0.717) is 6.61 Å². The molecule has 0 bridgehead atoms. The fraction of sp³-hybridized carbons (Fsp3) is 0.652. The van der Waals surface area contributed by atoms with Crippen LogP contribution in [0.25, 0.3) is 0 Å². The van der Waals surface area contributed by atoms with E-state index in [-0.39, 0.29) is 0 Å². The predicted octanol–water partition coefficient (Wildman–Crippen LogP) is 3.94. The minimum absolute atomic E-state index is 0.628. The molecule has 3 rings (SSSR count). The van der Waals surface area contributed by atoms with Crippen molar-refractivity contribution in [2.24, 2.45) is 0 Å². The Kier molecular flexibility index (Phi) is 7.86. The van der Waals surface area contributed by atoms with Crippen LogP contribution in [-0.2, 0) is 6.54 Å². The van der Waals surface area contributed by atoms with Gasteiger partial charge in [0.1, 0.15) is 0 Å². The zero-order valence-electron chi connectivity index (χ0n) is 16.8. The number of hydrogen-bond donors (Lipinski definition) is 0. The largest absolute Gasteiger partial charge is 0.493 e. The van der Waals surface area contributed by atoms with Crippen molar-refractivity contribution in [3.63, 3.8) is 0 Å². The Bertz CT molecular complexity index is 611. The normalized spacial score (nSPS) is 19.6. The average molecular weight is 371 g/mol. The highest BCUT2D eigenvalue weighted by molar-refractivity contribution is 5.43. The second-order valence-corrected chi connectivity index (χ2v) is 7.75. The molecule has 0 radical (unpaired) electrons. The van der Waals surface area contributed by atoms with Gasteiger partial charge in [-0.25, -0.2) is 0 Å². The Balaban J connectivity index is 1.48. The van der Waals surface area contributed by atoms with Crippen molar-refractivity contribution < 1.29 is 9.47 Å². The quantitative estimate of drug-likeness (QED) is 0.511.